The first kappa shape index (κ1) is 8.48. The lowest BCUT2D eigenvalue weighted by Crippen LogP contribution is -1.93. The number of aldehydes is 1. The lowest BCUT2D eigenvalue weighted by molar-refractivity contribution is -0.108. The molecule has 0 amide bonds. The summed E-state index contributed by atoms with van der Waals surface area (Å²) in [4.78, 5) is 10.3. The summed E-state index contributed by atoms with van der Waals surface area (Å²) >= 11 is 0. The Morgan fingerprint density at radius 3 is 3.15 bits per heavy atom. The maximum Gasteiger partial charge on any atom is 0.140 e. The van der Waals surface area contributed by atoms with Gasteiger partial charge in [0.15, 0.2) is 0 Å². The summed E-state index contributed by atoms with van der Waals surface area (Å²) in [6.07, 6.45) is 3.89. The first-order chi connectivity index (χ1) is 6.31. The fourth-order valence-corrected chi connectivity index (χ4v) is 1.36. The summed E-state index contributed by atoms with van der Waals surface area (Å²) in [5.41, 5.74) is 0.911. The van der Waals surface area contributed by atoms with Crippen molar-refractivity contribution in [3.63, 3.8) is 0 Å². The molecule has 0 bridgehead atoms. The molecule has 0 N–H and O–H groups in total. The molecule has 1 heterocycles. The Bertz CT molecular complexity index is 302. The minimum Gasteiger partial charge on any atom is -0.361 e. The highest BCUT2D eigenvalue weighted by Gasteiger charge is 2.28. The molecule has 0 aliphatic heterocycles. The van der Waals surface area contributed by atoms with E-state index in [0.717, 1.165) is 17.7 Å². The van der Waals surface area contributed by atoms with Crippen LogP contribution in [-0.2, 0) is 4.79 Å². The van der Waals surface area contributed by atoms with E-state index in [1.54, 1.807) is 0 Å². The van der Waals surface area contributed by atoms with Crippen molar-refractivity contribution in [3.05, 3.63) is 17.5 Å². The largest absolute Gasteiger partial charge is 0.361 e. The lowest BCUT2D eigenvalue weighted by atomic mass is 10.0. The number of aromatic nitrogens is 1. The third kappa shape index (κ3) is 1.79. The number of nitrogens with zero attached hydrogens (tertiary/aromatic N) is 1. The van der Waals surface area contributed by atoms with Gasteiger partial charge in [0.2, 0.25) is 0 Å². The zero-order valence-corrected chi connectivity index (χ0v) is 7.69. The van der Waals surface area contributed by atoms with Gasteiger partial charge in [-0.1, -0.05) is 12.1 Å². The van der Waals surface area contributed by atoms with Crippen LogP contribution in [0.1, 0.15) is 49.5 Å². The fraction of sp³-hybridized carbons (Fsp3) is 0.600. The van der Waals surface area contributed by atoms with E-state index in [2.05, 4.69) is 5.16 Å². The smallest absolute Gasteiger partial charge is 0.140 e. The van der Waals surface area contributed by atoms with Gasteiger partial charge in [-0.2, -0.15) is 0 Å². The fourth-order valence-electron chi connectivity index (χ4n) is 1.36. The van der Waals surface area contributed by atoms with Gasteiger partial charge in [-0.25, -0.2) is 0 Å². The normalized spacial score (nSPS) is 18.5. The van der Waals surface area contributed by atoms with Crippen LogP contribution in [0.4, 0.5) is 0 Å². The monoisotopic (exact) mass is 179 g/mol. The molecule has 1 fully saturated rings. The molecule has 0 radical (unpaired) electrons. The molecule has 0 spiro atoms. The second-order valence-corrected chi connectivity index (χ2v) is 3.73. The molecule has 1 unspecified atom stereocenters. The van der Waals surface area contributed by atoms with Crippen molar-refractivity contribution < 1.29 is 9.32 Å². The van der Waals surface area contributed by atoms with Crippen LogP contribution < -0.4 is 0 Å². The van der Waals surface area contributed by atoms with Gasteiger partial charge < -0.3 is 9.32 Å². The molecular weight excluding hydrogens is 166 g/mol. The van der Waals surface area contributed by atoms with Gasteiger partial charge in [0.1, 0.15) is 12.0 Å². The third-order valence-corrected chi connectivity index (χ3v) is 2.48. The van der Waals surface area contributed by atoms with Gasteiger partial charge in [-0.05, 0) is 12.8 Å². The van der Waals surface area contributed by atoms with Crippen LogP contribution in [0.25, 0.3) is 0 Å². The van der Waals surface area contributed by atoms with E-state index in [4.69, 9.17) is 4.52 Å². The molecule has 2 rings (SSSR count). The van der Waals surface area contributed by atoms with E-state index in [1.165, 1.54) is 12.8 Å². The van der Waals surface area contributed by atoms with E-state index in [9.17, 15) is 4.79 Å². The standard InChI is InChI=1S/C10H13NO2/c1-7(4-5-12)9-6-10(13-11-9)8-2-3-8/h5-8H,2-4H2,1H3. The SMILES string of the molecule is CC(CC=O)c1cc(C2CC2)on1. The molecule has 1 aliphatic rings. The highest BCUT2D eigenvalue weighted by atomic mass is 16.5. The van der Waals surface area contributed by atoms with Crippen LogP contribution in [0.5, 0.6) is 0 Å². The van der Waals surface area contributed by atoms with Crippen molar-refractivity contribution in [2.75, 3.05) is 0 Å². The molecule has 3 heteroatoms. The Morgan fingerprint density at radius 1 is 1.77 bits per heavy atom. The number of rotatable bonds is 4. The Labute approximate surface area is 77.1 Å². The van der Waals surface area contributed by atoms with Crippen LogP contribution in [0.3, 0.4) is 0 Å². The van der Waals surface area contributed by atoms with Gasteiger partial charge in [-0.15, -0.1) is 0 Å². The van der Waals surface area contributed by atoms with E-state index < -0.39 is 0 Å². The Hall–Kier alpha value is -1.12. The van der Waals surface area contributed by atoms with Gasteiger partial charge in [0, 0.05) is 24.3 Å². The maximum atomic E-state index is 10.3. The minimum absolute atomic E-state index is 0.189. The zero-order valence-electron chi connectivity index (χ0n) is 7.69. The van der Waals surface area contributed by atoms with Crippen molar-refractivity contribution in [2.45, 2.75) is 38.0 Å². The van der Waals surface area contributed by atoms with Gasteiger partial charge in [0.25, 0.3) is 0 Å². The number of carbonyl (C=O) groups is 1. The Morgan fingerprint density at radius 2 is 2.54 bits per heavy atom. The molecule has 0 saturated heterocycles. The van der Waals surface area contributed by atoms with E-state index in [0.29, 0.717) is 12.3 Å². The van der Waals surface area contributed by atoms with E-state index >= 15 is 0 Å². The molecule has 70 valence electrons. The van der Waals surface area contributed by atoms with Crippen molar-refractivity contribution in [3.8, 4) is 0 Å². The second kappa shape index (κ2) is 3.32. The zero-order chi connectivity index (χ0) is 9.26. The van der Waals surface area contributed by atoms with Crippen LogP contribution in [0, 0.1) is 0 Å². The highest BCUT2D eigenvalue weighted by molar-refractivity contribution is 5.51. The van der Waals surface area contributed by atoms with Crippen molar-refractivity contribution >= 4 is 6.29 Å². The Balaban J connectivity index is 2.07. The van der Waals surface area contributed by atoms with Crippen LogP contribution in [0.2, 0.25) is 0 Å². The van der Waals surface area contributed by atoms with Gasteiger partial charge >= 0.3 is 0 Å². The van der Waals surface area contributed by atoms with Crippen LogP contribution >= 0.6 is 0 Å². The first-order valence-electron chi connectivity index (χ1n) is 4.71. The summed E-state index contributed by atoms with van der Waals surface area (Å²) in [6.45, 7) is 1.99. The highest BCUT2D eigenvalue weighted by Crippen LogP contribution is 2.40. The van der Waals surface area contributed by atoms with Crippen molar-refractivity contribution in [1.82, 2.24) is 5.16 Å². The van der Waals surface area contributed by atoms with Crippen LogP contribution in [-0.4, -0.2) is 11.4 Å². The average Bonchev–Trinajstić information content (AvgIpc) is 2.84. The topological polar surface area (TPSA) is 43.1 Å². The van der Waals surface area contributed by atoms with E-state index in [1.807, 2.05) is 13.0 Å². The first-order valence-corrected chi connectivity index (χ1v) is 4.71. The summed E-state index contributed by atoms with van der Waals surface area (Å²) in [7, 11) is 0. The number of hydrogen-bond donors (Lipinski definition) is 0. The number of carbonyl (C=O) groups excluding carboxylic acids is 1. The van der Waals surface area contributed by atoms with E-state index in [-0.39, 0.29) is 5.92 Å². The quantitative estimate of drug-likeness (QED) is 0.666. The van der Waals surface area contributed by atoms with Gasteiger partial charge in [-0.3, -0.25) is 0 Å². The van der Waals surface area contributed by atoms with Gasteiger partial charge in [0.05, 0.1) is 5.69 Å². The summed E-state index contributed by atoms with van der Waals surface area (Å²) in [6, 6.07) is 1.99. The minimum atomic E-state index is 0.189. The molecule has 1 aromatic rings. The molecule has 1 atom stereocenters. The summed E-state index contributed by atoms with van der Waals surface area (Å²) < 4.78 is 5.19. The van der Waals surface area contributed by atoms with Crippen molar-refractivity contribution in [1.29, 1.82) is 0 Å². The molecule has 0 aromatic carbocycles. The predicted octanol–water partition coefficient (Wildman–Crippen LogP) is 2.24. The molecule has 1 aromatic heterocycles. The molecule has 1 saturated carbocycles. The summed E-state index contributed by atoms with van der Waals surface area (Å²) in [5.74, 6) is 1.78. The third-order valence-electron chi connectivity index (χ3n) is 2.48. The summed E-state index contributed by atoms with van der Waals surface area (Å²) in [5, 5.41) is 3.96. The molecule has 13 heavy (non-hydrogen) atoms. The Kier molecular flexibility index (Phi) is 2.17. The molecule has 1 aliphatic carbocycles. The molecular formula is C10H13NO2. The lowest BCUT2D eigenvalue weighted by Gasteiger charge is -1.99. The van der Waals surface area contributed by atoms with Crippen molar-refractivity contribution in [2.24, 2.45) is 0 Å². The molecule has 3 nitrogen and oxygen atoms in total. The number of hydrogen-bond acceptors (Lipinski definition) is 3. The second-order valence-electron chi connectivity index (χ2n) is 3.73. The maximum absolute atomic E-state index is 10.3. The van der Waals surface area contributed by atoms with Crippen LogP contribution in [0.15, 0.2) is 10.6 Å². The predicted molar refractivity (Wildman–Crippen MR) is 47.6 cm³/mol. The average molecular weight is 179 g/mol.